The summed E-state index contributed by atoms with van der Waals surface area (Å²) in [6, 6.07) is 12.0. The lowest BCUT2D eigenvalue weighted by atomic mass is 10.2. The van der Waals surface area contributed by atoms with Crippen molar-refractivity contribution in [3.8, 4) is 6.07 Å². The first-order valence-electron chi connectivity index (χ1n) is 8.99. The Morgan fingerprint density at radius 3 is 2.46 bits per heavy atom. The van der Waals surface area contributed by atoms with Crippen LogP contribution in [0.3, 0.4) is 0 Å². The first-order valence-corrected chi connectivity index (χ1v) is 8.99. The van der Waals surface area contributed by atoms with Crippen LogP contribution in [0.4, 0.5) is 17.5 Å². The molecule has 0 saturated carbocycles. The van der Waals surface area contributed by atoms with Crippen LogP contribution in [0.1, 0.15) is 5.56 Å². The van der Waals surface area contributed by atoms with Crippen LogP contribution < -0.4 is 14.7 Å². The van der Waals surface area contributed by atoms with Gasteiger partial charge in [-0.25, -0.2) is 4.98 Å². The summed E-state index contributed by atoms with van der Waals surface area (Å²) in [5.41, 5.74) is 1.80. The quantitative estimate of drug-likeness (QED) is 0.831. The van der Waals surface area contributed by atoms with E-state index < -0.39 is 0 Å². The molecule has 4 rings (SSSR count). The van der Waals surface area contributed by atoms with Crippen molar-refractivity contribution in [1.29, 1.82) is 5.26 Å². The summed E-state index contributed by atoms with van der Waals surface area (Å²) in [6.07, 6.45) is 1.84. The molecule has 0 unspecified atom stereocenters. The molecule has 0 bridgehead atoms. The maximum absolute atomic E-state index is 9.08. The Labute approximate surface area is 153 Å². The highest BCUT2D eigenvalue weighted by atomic mass is 16.5. The number of hydrogen-bond acceptors (Lipinski definition) is 7. The van der Waals surface area contributed by atoms with Gasteiger partial charge in [-0.2, -0.15) is 10.2 Å². The van der Waals surface area contributed by atoms with Crippen LogP contribution in [0, 0.1) is 11.3 Å². The number of nitrogens with zero attached hydrogens (tertiary/aromatic N) is 6. The number of morpholine rings is 1. The molecule has 1 aromatic heterocycles. The SMILES string of the molecule is N#Cc1cccc(N2CCN(c3nccc(N4CCOCC4)n3)CC2)c1. The average molecular weight is 350 g/mol. The van der Waals surface area contributed by atoms with E-state index in [9.17, 15) is 0 Å². The van der Waals surface area contributed by atoms with E-state index in [0.717, 1.165) is 69.9 Å². The second kappa shape index (κ2) is 7.58. The fourth-order valence-electron chi connectivity index (χ4n) is 3.40. The Hall–Kier alpha value is -2.85. The van der Waals surface area contributed by atoms with E-state index in [-0.39, 0.29) is 0 Å². The van der Waals surface area contributed by atoms with E-state index in [2.05, 4.69) is 31.8 Å². The van der Waals surface area contributed by atoms with Gasteiger partial charge in [0.15, 0.2) is 0 Å². The van der Waals surface area contributed by atoms with Crippen molar-refractivity contribution in [2.75, 3.05) is 67.2 Å². The molecule has 7 heteroatoms. The number of anilines is 3. The van der Waals surface area contributed by atoms with Crippen LogP contribution in [0.5, 0.6) is 0 Å². The third-order valence-corrected chi connectivity index (χ3v) is 4.87. The van der Waals surface area contributed by atoms with Gasteiger partial charge in [-0.15, -0.1) is 0 Å². The summed E-state index contributed by atoms with van der Waals surface area (Å²) in [5.74, 6) is 1.77. The zero-order valence-corrected chi connectivity index (χ0v) is 14.7. The first kappa shape index (κ1) is 16.6. The molecular formula is C19H22N6O. The van der Waals surface area contributed by atoms with Crippen molar-refractivity contribution < 1.29 is 4.74 Å². The molecule has 0 amide bonds. The molecule has 2 saturated heterocycles. The van der Waals surface area contributed by atoms with Crippen LogP contribution in [0.2, 0.25) is 0 Å². The summed E-state index contributed by atoms with van der Waals surface area (Å²) < 4.78 is 5.42. The number of piperazine rings is 1. The van der Waals surface area contributed by atoms with Crippen molar-refractivity contribution in [2.24, 2.45) is 0 Å². The largest absolute Gasteiger partial charge is 0.378 e. The minimum absolute atomic E-state index is 0.700. The van der Waals surface area contributed by atoms with E-state index in [1.54, 1.807) is 0 Å². The van der Waals surface area contributed by atoms with Crippen LogP contribution in [0.25, 0.3) is 0 Å². The highest BCUT2D eigenvalue weighted by molar-refractivity contribution is 5.53. The van der Waals surface area contributed by atoms with Crippen LogP contribution in [-0.4, -0.2) is 62.5 Å². The normalized spacial score (nSPS) is 17.9. The molecule has 2 aliphatic rings. The highest BCUT2D eigenvalue weighted by Gasteiger charge is 2.21. The van der Waals surface area contributed by atoms with Gasteiger partial charge in [0.25, 0.3) is 0 Å². The van der Waals surface area contributed by atoms with Gasteiger partial charge in [-0.3, -0.25) is 0 Å². The second-order valence-corrected chi connectivity index (χ2v) is 6.45. The Bertz CT molecular complexity index is 791. The molecule has 0 radical (unpaired) electrons. The van der Waals surface area contributed by atoms with Gasteiger partial charge in [-0.1, -0.05) is 6.07 Å². The number of benzene rings is 1. The maximum atomic E-state index is 9.08. The lowest BCUT2D eigenvalue weighted by molar-refractivity contribution is 0.122. The van der Waals surface area contributed by atoms with Gasteiger partial charge < -0.3 is 19.4 Å². The van der Waals surface area contributed by atoms with Crippen molar-refractivity contribution in [2.45, 2.75) is 0 Å². The van der Waals surface area contributed by atoms with Gasteiger partial charge >= 0.3 is 0 Å². The third-order valence-electron chi connectivity index (χ3n) is 4.87. The van der Waals surface area contributed by atoms with E-state index in [4.69, 9.17) is 15.0 Å². The van der Waals surface area contributed by atoms with Crippen molar-refractivity contribution in [3.63, 3.8) is 0 Å². The summed E-state index contributed by atoms with van der Waals surface area (Å²) >= 11 is 0. The highest BCUT2D eigenvalue weighted by Crippen LogP contribution is 2.21. The summed E-state index contributed by atoms with van der Waals surface area (Å²) in [5, 5.41) is 9.08. The Morgan fingerprint density at radius 1 is 0.923 bits per heavy atom. The van der Waals surface area contributed by atoms with E-state index in [1.165, 1.54) is 0 Å². The van der Waals surface area contributed by atoms with E-state index >= 15 is 0 Å². The van der Waals surface area contributed by atoms with Crippen LogP contribution in [-0.2, 0) is 4.74 Å². The molecule has 0 aliphatic carbocycles. The summed E-state index contributed by atoms with van der Waals surface area (Å²) in [7, 11) is 0. The van der Waals surface area contributed by atoms with Crippen LogP contribution in [0.15, 0.2) is 36.5 Å². The topological polar surface area (TPSA) is 68.5 Å². The predicted molar refractivity (Wildman–Crippen MR) is 101 cm³/mol. The van der Waals surface area contributed by atoms with Crippen LogP contribution >= 0.6 is 0 Å². The number of aromatic nitrogens is 2. The molecule has 0 N–H and O–H groups in total. The molecule has 1 aromatic carbocycles. The fourth-order valence-corrected chi connectivity index (χ4v) is 3.40. The predicted octanol–water partition coefficient (Wildman–Crippen LogP) is 1.51. The molecule has 26 heavy (non-hydrogen) atoms. The van der Waals surface area contributed by atoms with E-state index in [1.807, 2.05) is 30.5 Å². The first-order chi connectivity index (χ1) is 12.8. The number of ether oxygens (including phenoxy) is 1. The van der Waals surface area contributed by atoms with Gasteiger partial charge in [0.2, 0.25) is 5.95 Å². The maximum Gasteiger partial charge on any atom is 0.227 e. The second-order valence-electron chi connectivity index (χ2n) is 6.45. The Balaban J connectivity index is 1.42. The lowest BCUT2D eigenvalue weighted by Crippen LogP contribution is -2.47. The van der Waals surface area contributed by atoms with Gasteiger partial charge in [0.05, 0.1) is 24.8 Å². The minimum atomic E-state index is 0.700. The fraction of sp³-hybridized carbons (Fsp3) is 0.421. The molecule has 7 nitrogen and oxygen atoms in total. The van der Waals surface area contributed by atoms with E-state index in [0.29, 0.717) is 5.56 Å². The summed E-state index contributed by atoms with van der Waals surface area (Å²) in [6.45, 7) is 6.76. The molecule has 134 valence electrons. The average Bonchev–Trinajstić information content (AvgIpc) is 2.75. The smallest absolute Gasteiger partial charge is 0.227 e. The lowest BCUT2D eigenvalue weighted by Gasteiger charge is -2.36. The molecular weight excluding hydrogens is 328 g/mol. The molecule has 0 atom stereocenters. The van der Waals surface area contributed by atoms with Crippen molar-refractivity contribution in [3.05, 3.63) is 42.1 Å². The third kappa shape index (κ3) is 3.55. The molecule has 2 fully saturated rings. The Kier molecular flexibility index (Phi) is 4.84. The van der Waals surface area contributed by atoms with Gasteiger partial charge in [0.1, 0.15) is 5.82 Å². The van der Waals surface area contributed by atoms with Crippen molar-refractivity contribution in [1.82, 2.24) is 9.97 Å². The standard InChI is InChI=1S/C19H22N6O/c20-15-16-2-1-3-17(14-16)23-6-8-25(9-7-23)19-21-5-4-18(22-19)24-10-12-26-13-11-24/h1-5,14H,6-13H2. The summed E-state index contributed by atoms with van der Waals surface area (Å²) in [4.78, 5) is 16.0. The zero-order valence-electron chi connectivity index (χ0n) is 14.7. The molecule has 3 heterocycles. The monoisotopic (exact) mass is 350 g/mol. The molecule has 0 spiro atoms. The number of hydrogen-bond donors (Lipinski definition) is 0. The van der Waals surface area contributed by atoms with Crippen molar-refractivity contribution >= 4 is 17.5 Å². The zero-order chi connectivity index (χ0) is 17.8. The minimum Gasteiger partial charge on any atom is -0.378 e. The van der Waals surface area contributed by atoms with Gasteiger partial charge in [0, 0.05) is 51.2 Å². The molecule has 2 aromatic rings. The number of rotatable bonds is 3. The number of nitriles is 1. The Morgan fingerprint density at radius 2 is 1.69 bits per heavy atom. The van der Waals surface area contributed by atoms with Gasteiger partial charge in [-0.05, 0) is 24.3 Å². The molecule has 2 aliphatic heterocycles.